The van der Waals surface area contributed by atoms with Crippen molar-refractivity contribution >= 4 is 5.97 Å². The number of aliphatic hydroxyl groups is 2. The van der Waals surface area contributed by atoms with Crippen LogP contribution in [-0.4, -0.2) is 53.7 Å². The number of hydrogen-bond donors (Lipinski definition) is 3. The molecule has 1 aliphatic heterocycles. The number of rotatable bonds is 2. The van der Waals surface area contributed by atoms with E-state index in [2.05, 4.69) is 4.74 Å². The highest BCUT2D eigenvalue weighted by atomic mass is 16.6. The molecular weight excluding hydrogens is 190 g/mol. The third kappa shape index (κ3) is 2.65. The Labute approximate surface area is 81.6 Å². The van der Waals surface area contributed by atoms with Gasteiger partial charge in [0, 0.05) is 6.92 Å². The minimum atomic E-state index is -1.11. The first-order valence-electron chi connectivity index (χ1n) is 4.39. The molecule has 0 aromatic heterocycles. The normalized spacial score (nSPS) is 38.0. The molecule has 0 aromatic carbocycles. The lowest BCUT2D eigenvalue weighted by Gasteiger charge is -2.35. The Morgan fingerprint density at radius 2 is 2.21 bits per heavy atom. The van der Waals surface area contributed by atoms with Crippen molar-refractivity contribution in [2.75, 3.05) is 13.2 Å². The first kappa shape index (κ1) is 11.4. The highest BCUT2D eigenvalue weighted by molar-refractivity contribution is 5.65. The van der Waals surface area contributed by atoms with Crippen LogP contribution < -0.4 is 5.73 Å². The van der Waals surface area contributed by atoms with E-state index in [1.807, 2.05) is 0 Å². The number of ether oxygens (including phenoxy) is 2. The topological polar surface area (TPSA) is 102 Å². The van der Waals surface area contributed by atoms with Gasteiger partial charge in [-0.1, -0.05) is 0 Å². The molecule has 0 bridgehead atoms. The molecule has 1 heterocycles. The number of esters is 1. The minimum Gasteiger partial charge on any atom is -0.463 e. The van der Waals surface area contributed by atoms with E-state index >= 15 is 0 Å². The Morgan fingerprint density at radius 3 is 2.79 bits per heavy atom. The lowest BCUT2D eigenvalue weighted by Crippen LogP contribution is -2.57. The number of carbonyl (C=O) groups excluding carboxylic acids is 1. The van der Waals surface area contributed by atoms with Gasteiger partial charge in [0.1, 0.15) is 18.8 Å². The van der Waals surface area contributed by atoms with E-state index in [1.165, 1.54) is 6.92 Å². The second-order valence-corrected chi connectivity index (χ2v) is 3.32. The molecule has 0 amide bonds. The summed E-state index contributed by atoms with van der Waals surface area (Å²) in [7, 11) is 0. The van der Waals surface area contributed by atoms with E-state index < -0.39 is 30.3 Å². The third-order valence-corrected chi connectivity index (χ3v) is 2.12. The van der Waals surface area contributed by atoms with Gasteiger partial charge in [0.15, 0.2) is 0 Å². The first-order valence-corrected chi connectivity index (χ1v) is 4.39. The quantitative estimate of drug-likeness (QED) is 0.450. The molecule has 0 spiro atoms. The van der Waals surface area contributed by atoms with Gasteiger partial charge in [-0.15, -0.1) is 0 Å². The summed E-state index contributed by atoms with van der Waals surface area (Å²) in [6, 6.07) is -0.599. The van der Waals surface area contributed by atoms with E-state index in [9.17, 15) is 15.0 Å². The molecule has 0 radical (unpaired) electrons. The van der Waals surface area contributed by atoms with Crippen LogP contribution in [0.3, 0.4) is 0 Å². The standard InChI is InChI=1S/C8H15NO5/c1-4(10)13-3-6-8(12)7(11)5(9)2-14-6/h5-8,11-12H,2-3,9H2,1H3/t5-,6?,7?,8+/m1/s1. The molecule has 1 aliphatic rings. The van der Waals surface area contributed by atoms with Gasteiger partial charge in [-0.05, 0) is 0 Å². The van der Waals surface area contributed by atoms with Crippen LogP contribution in [0.2, 0.25) is 0 Å². The van der Waals surface area contributed by atoms with Crippen molar-refractivity contribution in [1.82, 2.24) is 0 Å². The van der Waals surface area contributed by atoms with Crippen molar-refractivity contribution < 1.29 is 24.5 Å². The highest BCUT2D eigenvalue weighted by Gasteiger charge is 2.36. The molecule has 1 saturated heterocycles. The van der Waals surface area contributed by atoms with E-state index in [-0.39, 0.29) is 13.2 Å². The lowest BCUT2D eigenvalue weighted by atomic mass is 9.99. The maximum atomic E-state index is 10.5. The monoisotopic (exact) mass is 205 g/mol. The molecule has 1 fully saturated rings. The zero-order valence-corrected chi connectivity index (χ0v) is 7.92. The summed E-state index contributed by atoms with van der Waals surface area (Å²) in [5.74, 6) is -0.454. The van der Waals surface area contributed by atoms with Gasteiger partial charge in [-0.25, -0.2) is 0 Å². The van der Waals surface area contributed by atoms with Crippen LogP contribution in [0.25, 0.3) is 0 Å². The fraction of sp³-hybridized carbons (Fsp3) is 0.875. The van der Waals surface area contributed by atoms with Crippen molar-refractivity contribution in [1.29, 1.82) is 0 Å². The van der Waals surface area contributed by atoms with Crippen LogP contribution >= 0.6 is 0 Å². The zero-order valence-electron chi connectivity index (χ0n) is 7.92. The fourth-order valence-electron chi connectivity index (χ4n) is 1.25. The Bertz CT molecular complexity index is 210. The van der Waals surface area contributed by atoms with Gasteiger partial charge in [-0.2, -0.15) is 0 Å². The van der Waals surface area contributed by atoms with E-state index in [1.54, 1.807) is 0 Å². The van der Waals surface area contributed by atoms with E-state index in [0.717, 1.165) is 0 Å². The van der Waals surface area contributed by atoms with Gasteiger partial charge in [0.05, 0.1) is 18.8 Å². The Hall–Kier alpha value is -0.690. The molecular formula is C8H15NO5. The third-order valence-electron chi connectivity index (χ3n) is 2.12. The van der Waals surface area contributed by atoms with E-state index in [4.69, 9.17) is 10.5 Å². The highest BCUT2D eigenvalue weighted by Crippen LogP contribution is 2.14. The van der Waals surface area contributed by atoms with E-state index in [0.29, 0.717) is 0 Å². The van der Waals surface area contributed by atoms with Crippen LogP contribution in [0, 0.1) is 0 Å². The largest absolute Gasteiger partial charge is 0.463 e. The summed E-state index contributed by atoms with van der Waals surface area (Å²) in [6.07, 6.45) is -2.85. The van der Waals surface area contributed by atoms with Crippen molar-refractivity contribution in [3.8, 4) is 0 Å². The van der Waals surface area contributed by atoms with Gasteiger partial charge >= 0.3 is 5.97 Å². The van der Waals surface area contributed by atoms with Crippen LogP contribution in [0.4, 0.5) is 0 Å². The van der Waals surface area contributed by atoms with Crippen molar-refractivity contribution in [3.63, 3.8) is 0 Å². The van der Waals surface area contributed by atoms with Crippen molar-refractivity contribution in [3.05, 3.63) is 0 Å². The SMILES string of the molecule is CC(=O)OCC1OC[C@@H](N)C(O)[C@H]1O. The predicted octanol–water partition coefficient (Wildman–Crippen LogP) is -2.00. The van der Waals surface area contributed by atoms with Gasteiger partial charge in [0.25, 0.3) is 0 Å². The number of hydrogen-bond acceptors (Lipinski definition) is 6. The second kappa shape index (κ2) is 4.70. The summed E-state index contributed by atoms with van der Waals surface area (Å²) in [5, 5.41) is 18.9. The molecule has 4 atom stereocenters. The molecule has 2 unspecified atom stereocenters. The fourth-order valence-corrected chi connectivity index (χ4v) is 1.25. The predicted molar refractivity (Wildman–Crippen MR) is 46.4 cm³/mol. The van der Waals surface area contributed by atoms with Crippen molar-refractivity contribution in [2.45, 2.75) is 31.3 Å². The van der Waals surface area contributed by atoms with Gasteiger partial charge < -0.3 is 25.4 Å². The van der Waals surface area contributed by atoms with Crippen LogP contribution in [0.1, 0.15) is 6.92 Å². The number of carbonyl (C=O) groups is 1. The second-order valence-electron chi connectivity index (χ2n) is 3.32. The van der Waals surface area contributed by atoms with Gasteiger partial charge in [-0.3, -0.25) is 4.79 Å². The number of aliphatic hydroxyl groups excluding tert-OH is 2. The zero-order chi connectivity index (χ0) is 10.7. The summed E-state index contributed by atoms with van der Waals surface area (Å²) in [6.45, 7) is 1.34. The first-order chi connectivity index (χ1) is 6.52. The maximum Gasteiger partial charge on any atom is 0.302 e. The molecule has 14 heavy (non-hydrogen) atoms. The molecule has 0 aliphatic carbocycles. The lowest BCUT2D eigenvalue weighted by molar-refractivity contribution is -0.172. The summed E-state index contributed by atoms with van der Waals surface area (Å²) in [5.41, 5.74) is 5.44. The molecule has 0 saturated carbocycles. The maximum absolute atomic E-state index is 10.5. The minimum absolute atomic E-state index is 0.0692. The average molecular weight is 205 g/mol. The number of nitrogens with two attached hydrogens (primary N) is 1. The molecule has 6 heteroatoms. The summed E-state index contributed by atoms with van der Waals surface area (Å²) < 4.78 is 9.77. The molecule has 6 nitrogen and oxygen atoms in total. The Balaban J connectivity index is 2.42. The summed E-state index contributed by atoms with van der Waals surface area (Å²) >= 11 is 0. The van der Waals surface area contributed by atoms with Crippen LogP contribution in [0.15, 0.2) is 0 Å². The van der Waals surface area contributed by atoms with Gasteiger partial charge in [0.2, 0.25) is 0 Å². The Morgan fingerprint density at radius 1 is 1.57 bits per heavy atom. The molecule has 0 aromatic rings. The van der Waals surface area contributed by atoms with Crippen LogP contribution in [0.5, 0.6) is 0 Å². The van der Waals surface area contributed by atoms with Crippen molar-refractivity contribution in [2.24, 2.45) is 5.73 Å². The average Bonchev–Trinajstić information content (AvgIpc) is 2.13. The summed E-state index contributed by atoms with van der Waals surface area (Å²) in [4.78, 5) is 10.5. The smallest absolute Gasteiger partial charge is 0.302 e. The molecule has 4 N–H and O–H groups in total. The molecule has 82 valence electrons. The molecule has 1 rings (SSSR count). The Kier molecular flexibility index (Phi) is 3.82. The van der Waals surface area contributed by atoms with Crippen LogP contribution in [-0.2, 0) is 14.3 Å².